The smallest absolute Gasteiger partial charge is 0.249 e. The maximum atomic E-state index is 12.9. The van der Waals surface area contributed by atoms with E-state index in [-0.39, 0.29) is 0 Å². The van der Waals surface area contributed by atoms with Gasteiger partial charge in [-0.05, 0) is 6.07 Å². The maximum Gasteiger partial charge on any atom is 0.340 e. The van der Waals surface area contributed by atoms with Crippen molar-refractivity contribution >= 4 is 10.9 Å². The fourth-order valence-corrected chi connectivity index (χ4v) is 1.83. The molecular formula is C10H6F4N2. The number of nitrogens with zero attached hydrogens (tertiary/aromatic N) is 2. The molecule has 3 rings (SSSR count). The number of para-hydroxylation sites is 1. The van der Waals surface area contributed by atoms with Gasteiger partial charge >= 0.3 is 11.8 Å². The first-order valence-corrected chi connectivity index (χ1v) is 4.64. The molecule has 0 N–H and O–H groups in total. The lowest BCUT2D eigenvalue weighted by Gasteiger charge is -1.99. The second-order valence-corrected chi connectivity index (χ2v) is 3.80. The molecule has 0 saturated heterocycles. The zero-order valence-electron chi connectivity index (χ0n) is 7.87. The van der Waals surface area contributed by atoms with Crippen LogP contribution in [0.25, 0.3) is 10.9 Å². The van der Waals surface area contributed by atoms with Gasteiger partial charge in [0, 0.05) is 5.39 Å². The molecular weight excluding hydrogens is 224 g/mol. The first kappa shape index (κ1) is 9.62. The Morgan fingerprint density at radius 2 is 1.69 bits per heavy atom. The van der Waals surface area contributed by atoms with Gasteiger partial charge in [0.1, 0.15) is 0 Å². The Balaban J connectivity index is 2.16. The Labute approximate surface area is 87.5 Å². The minimum atomic E-state index is -4.00. The predicted octanol–water partition coefficient (Wildman–Crippen LogP) is 2.86. The molecule has 16 heavy (non-hydrogen) atoms. The summed E-state index contributed by atoms with van der Waals surface area (Å²) >= 11 is 0. The predicted molar refractivity (Wildman–Crippen MR) is 48.7 cm³/mol. The first-order valence-electron chi connectivity index (χ1n) is 4.64. The molecule has 0 amide bonds. The van der Waals surface area contributed by atoms with Gasteiger partial charge in [0.15, 0.2) is 6.04 Å². The van der Waals surface area contributed by atoms with Crippen molar-refractivity contribution in [2.75, 3.05) is 0 Å². The molecule has 84 valence electrons. The molecule has 1 aliphatic rings. The largest absolute Gasteiger partial charge is 0.340 e. The van der Waals surface area contributed by atoms with Crippen LogP contribution in [0.5, 0.6) is 0 Å². The van der Waals surface area contributed by atoms with Gasteiger partial charge in [0.2, 0.25) is 0 Å². The van der Waals surface area contributed by atoms with Crippen LogP contribution in [0.2, 0.25) is 0 Å². The van der Waals surface area contributed by atoms with Crippen molar-refractivity contribution < 1.29 is 17.6 Å². The minimum Gasteiger partial charge on any atom is -0.249 e. The van der Waals surface area contributed by atoms with Gasteiger partial charge in [0.25, 0.3) is 0 Å². The van der Waals surface area contributed by atoms with Gasteiger partial charge in [-0.15, -0.1) is 0 Å². The van der Waals surface area contributed by atoms with Crippen LogP contribution >= 0.6 is 0 Å². The lowest BCUT2D eigenvalue weighted by molar-refractivity contribution is -0.0278. The molecule has 2 aromatic rings. The SMILES string of the molecule is FC1(F)C(n2ncc3ccccc32)C1(F)F. The molecule has 0 spiro atoms. The molecule has 1 aromatic carbocycles. The van der Waals surface area contributed by atoms with E-state index < -0.39 is 17.9 Å². The first-order chi connectivity index (χ1) is 7.46. The molecule has 1 saturated carbocycles. The van der Waals surface area contributed by atoms with Crippen molar-refractivity contribution in [2.24, 2.45) is 0 Å². The topological polar surface area (TPSA) is 17.8 Å². The normalized spacial score (nSPS) is 22.5. The summed E-state index contributed by atoms with van der Waals surface area (Å²) < 4.78 is 52.1. The van der Waals surface area contributed by atoms with E-state index >= 15 is 0 Å². The molecule has 0 bridgehead atoms. The van der Waals surface area contributed by atoms with Crippen LogP contribution < -0.4 is 0 Å². The van der Waals surface area contributed by atoms with Crippen molar-refractivity contribution in [3.05, 3.63) is 30.5 Å². The highest BCUT2D eigenvalue weighted by Crippen LogP contribution is 2.65. The Bertz CT molecular complexity index is 547. The highest BCUT2D eigenvalue weighted by molar-refractivity contribution is 5.78. The summed E-state index contributed by atoms with van der Waals surface area (Å²) in [4.78, 5) is 0. The number of rotatable bonds is 1. The van der Waals surface area contributed by atoms with E-state index in [2.05, 4.69) is 5.10 Å². The number of halogens is 4. The molecule has 1 fully saturated rings. The van der Waals surface area contributed by atoms with E-state index in [4.69, 9.17) is 0 Å². The van der Waals surface area contributed by atoms with Gasteiger partial charge < -0.3 is 0 Å². The van der Waals surface area contributed by atoms with E-state index in [1.165, 1.54) is 12.3 Å². The zero-order chi connectivity index (χ0) is 11.6. The molecule has 0 unspecified atom stereocenters. The number of fused-ring (bicyclic) bond motifs is 1. The summed E-state index contributed by atoms with van der Waals surface area (Å²) in [5.74, 6) is -8.00. The van der Waals surface area contributed by atoms with E-state index in [9.17, 15) is 17.6 Å². The van der Waals surface area contributed by atoms with E-state index in [1.807, 2.05) is 0 Å². The fourth-order valence-electron chi connectivity index (χ4n) is 1.83. The van der Waals surface area contributed by atoms with Crippen molar-refractivity contribution in [1.82, 2.24) is 9.78 Å². The number of hydrogen-bond acceptors (Lipinski definition) is 1. The summed E-state index contributed by atoms with van der Waals surface area (Å²) in [5, 5.41) is 4.18. The average molecular weight is 230 g/mol. The Kier molecular flexibility index (Phi) is 1.54. The summed E-state index contributed by atoms with van der Waals surface area (Å²) in [7, 11) is 0. The number of aromatic nitrogens is 2. The number of hydrogen-bond donors (Lipinski definition) is 0. The fraction of sp³-hybridized carbons (Fsp3) is 0.300. The van der Waals surface area contributed by atoms with Gasteiger partial charge in [-0.25, -0.2) is 4.68 Å². The van der Waals surface area contributed by atoms with E-state index in [0.717, 1.165) is 0 Å². The summed E-state index contributed by atoms with van der Waals surface area (Å²) in [6.07, 6.45) is 1.31. The molecule has 1 heterocycles. The van der Waals surface area contributed by atoms with Crippen molar-refractivity contribution in [3.63, 3.8) is 0 Å². The Morgan fingerprint density at radius 3 is 2.31 bits per heavy atom. The third-order valence-corrected chi connectivity index (χ3v) is 2.80. The van der Waals surface area contributed by atoms with E-state index in [1.54, 1.807) is 18.2 Å². The molecule has 1 aliphatic carbocycles. The third kappa shape index (κ3) is 0.942. The summed E-state index contributed by atoms with van der Waals surface area (Å²) in [5.41, 5.74) is 0.296. The van der Waals surface area contributed by atoms with E-state index in [0.29, 0.717) is 15.6 Å². The monoisotopic (exact) mass is 230 g/mol. The second kappa shape index (κ2) is 2.56. The van der Waals surface area contributed by atoms with Gasteiger partial charge in [0.05, 0.1) is 11.7 Å². The molecule has 0 atom stereocenters. The zero-order valence-corrected chi connectivity index (χ0v) is 7.87. The van der Waals surface area contributed by atoms with Crippen LogP contribution in [-0.2, 0) is 0 Å². The Morgan fingerprint density at radius 1 is 1.06 bits per heavy atom. The molecule has 1 aromatic heterocycles. The quantitative estimate of drug-likeness (QED) is 0.689. The van der Waals surface area contributed by atoms with Gasteiger partial charge in [-0.1, -0.05) is 18.2 Å². The molecule has 0 radical (unpaired) electrons. The average Bonchev–Trinajstić information content (AvgIpc) is 2.58. The van der Waals surface area contributed by atoms with Gasteiger partial charge in [-0.3, -0.25) is 0 Å². The number of alkyl halides is 4. The lowest BCUT2D eigenvalue weighted by Crippen LogP contribution is -2.03. The highest BCUT2D eigenvalue weighted by atomic mass is 19.3. The number of benzene rings is 1. The summed E-state index contributed by atoms with van der Waals surface area (Å²) in [6.45, 7) is 0. The summed E-state index contributed by atoms with van der Waals surface area (Å²) in [6, 6.07) is 4.26. The maximum absolute atomic E-state index is 12.9. The molecule has 0 aliphatic heterocycles. The molecule has 6 heteroatoms. The van der Waals surface area contributed by atoms with Crippen LogP contribution in [0.4, 0.5) is 17.6 Å². The Hall–Kier alpha value is -1.59. The van der Waals surface area contributed by atoms with Crippen LogP contribution in [0.3, 0.4) is 0 Å². The third-order valence-electron chi connectivity index (χ3n) is 2.80. The van der Waals surface area contributed by atoms with Crippen molar-refractivity contribution in [3.8, 4) is 0 Å². The standard InChI is InChI=1S/C10H6F4N2/c11-9(12)8(10(9,13)14)16-7-4-2-1-3-6(7)5-15-16/h1-5,8H. The lowest BCUT2D eigenvalue weighted by atomic mass is 10.2. The van der Waals surface area contributed by atoms with Crippen molar-refractivity contribution in [2.45, 2.75) is 17.9 Å². The van der Waals surface area contributed by atoms with Crippen LogP contribution in [-0.4, -0.2) is 21.6 Å². The van der Waals surface area contributed by atoms with Crippen LogP contribution in [0.1, 0.15) is 6.04 Å². The minimum absolute atomic E-state index is 0.296. The van der Waals surface area contributed by atoms with Crippen LogP contribution in [0, 0.1) is 0 Å². The second-order valence-electron chi connectivity index (χ2n) is 3.80. The van der Waals surface area contributed by atoms with Crippen LogP contribution in [0.15, 0.2) is 30.5 Å². The molecule has 2 nitrogen and oxygen atoms in total. The van der Waals surface area contributed by atoms with Gasteiger partial charge in [-0.2, -0.15) is 22.7 Å². The highest BCUT2D eigenvalue weighted by Gasteiger charge is 2.87. The van der Waals surface area contributed by atoms with Crippen molar-refractivity contribution in [1.29, 1.82) is 0 Å².